The first-order valence-electron chi connectivity index (χ1n) is 7.12. The minimum atomic E-state index is -0.466. The van der Waals surface area contributed by atoms with E-state index < -0.39 is 5.54 Å². The molecule has 0 saturated heterocycles. The topological polar surface area (TPSA) is 53.6 Å². The number of aryl methyl sites for hydroxylation is 2. The summed E-state index contributed by atoms with van der Waals surface area (Å²) in [5.41, 5.74) is 4.17. The van der Waals surface area contributed by atoms with Crippen LogP contribution in [0.2, 0.25) is 0 Å². The molecule has 1 aliphatic carbocycles. The highest BCUT2D eigenvalue weighted by Gasteiger charge is 2.45. The van der Waals surface area contributed by atoms with Crippen molar-refractivity contribution in [1.29, 1.82) is 5.26 Å². The number of fused-ring (bicyclic) bond motifs is 1. The maximum Gasteiger partial charge on any atom is 0.127 e. The average molecular weight is 268 g/mol. The molecule has 2 aromatic rings. The summed E-state index contributed by atoms with van der Waals surface area (Å²) in [6.45, 7) is 4.87. The van der Waals surface area contributed by atoms with Gasteiger partial charge in [0.05, 0.1) is 30.0 Å². The number of aromatic nitrogens is 2. The van der Waals surface area contributed by atoms with Crippen molar-refractivity contribution in [3.05, 3.63) is 29.6 Å². The van der Waals surface area contributed by atoms with Crippen LogP contribution in [0.5, 0.6) is 0 Å². The predicted octanol–water partition coefficient (Wildman–Crippen LogP) is 2.54. The van der Waals surface area contributed by atoms with E-state index in [0.717, 1.165) is 23.9 Å². The fraction of sp³-hybridized carbons (Fsp3) is 0.500. The van der Waals surface area contributed by atoms with Gasteiger partial charge in [0.15, 0.2) is 0 Å². The SMILES string of the molecule is CNC(C#N)(Cn1cnc2cc(C)c(C)cc21)C1CC1. The summed E-state index contributed by atoms with van der Waals surface area (Å²) in [5, 5.41) is 12.9. The van der Waals surface area contributed by atoms with Crippen molar-refractivity contribution in [3.8, 4) is 6.07 Å². The van der Waals surface area contributed by atoms with Gasteiger partial charge in [-0.05, 0) is 62.9 Å². The van der Waals surface area contributed by atoms with Gasteiger partial charge in [-0.1, -0.05) is 0 Å². The van der Waals surface area contributed by atoms with Crippen LogP contribution in [-0.2, 0) is 6.54 Å². The van der Waals surface area contributed by atoms with Crippen LogP contribution in [0.25, 0.3) is 11.0 Å². The first-order chi connectivity index (χ1) is 9.59. The van der Waals surface area contributed by atoms with Crippen LogP contribution in [0.4, 0.5) is 0 Å². The highest BCUT2D eigenvalue weighted by atomic mass is 15.1. The molecule has 1 unspecified atom stereocenters. The van der Waals surface area contributed by atoms with E-state index >= 15 is 0 Å². The Kier molecular flexibility index (Phi) is 3.02. The van der Waals surface area contributed by atoms with Gasteiger partial charge in [-0.25, -0.2) is 4.98 Å². The Labute approximate surface area is 119 Å². The second-order valence-electron chi connectivity index (χ2n) is 5.91. The van der Waals surface area contributed by atoms with Gasteiger partial charge in [0.2, 0.25) is 0 Å². The third kappa shape index (κ3) is 1.99. The lowest BCUT2D eigenvalue weighted by Crippen LogP contribution is -2.47. The second kappa shape index (κ2) is 4.60. The molecular weight excluding hydrogens is 248 g/mol. The Hall–Kier alpha value is -1.86. The van der Waals surface area contributed by atoms with E-state index in [2.05, 4.69) is 46.9 Å². The maximum atomic E-state index is 9.61. The standard InChI is InChI=1S/C16H20N4/c1-11-6-14-15(7-12(11)2)20(10-19-14)9-16(8-17,18-3)13-4-5-13/h6-7,10,13,18H,4-5,9H2,1-3H3. The van der Waals surface area contributed by atoms with Gasteiger partial charge in [0.25, 0.3) is 0 Å². The lowest BCUT2D eigenvalue weighted by molar-refractivity contribution is 0.344. The molecule has 4 heteroatoms. The molecule has 3 rings (SSSR count). The van der Waals surface area contributed by atoms with E-state index in [1.54, 1.807) is 0 Å². The van der Waals surface area contributed by atoms with Crippen LogP contribution in [0.15, 0.2) is 18.5 Å². The number of nitriles is 1. The van der Waals surface area contributed by atoms with Gasteiger partial charge >= 0.3 is 0 Å². The number of nitrogens with one attached hydrogen (secondary N) is 1. The minimum absolute atomic E-state index is 0.460. The highest BCUT2D eigenvalue weighted by molar-refractivity contribution is 5.77. The first-order valence-corrected chi connectivity index (χ1v) is 7.12. The third-order valence-corrected chi connectivity index (χ3v) is 4.58. The van der Waals surface area contributed by atoms with Gasteiger partial charge in [-0.15, -0.1) is 0 Å². The number of rotatable bonds is 4. The second-order valence-corrected chi connectivity index (χ2v) is 5.91. The molecule has 104 valence electrons. The van der Waals surface area contributed by atoms with Gasteiger partial charge < -0.3 is 9.88 Å². The predicted molar refractivity (Wildman–Crippen MR) is 79.3 cm³/mol. The number of hydrogen-bond donors (Lipinski definition) is 1. The molecule has 1 aromatic carbocycles. The van der Waals surface area contributed by atoms with E-state index in [1.807, 2.05) is 13.4 Å². The van der Waals surface area contributed by atoms with Gasteiger partial charge in [-0.2, -0.15) is 5.26 Å². The molecular formula is C16H20N4. The van der Waals surface area contributed by atoms with E-state index in [-0.39, 0.29) is 0 Å². The van der Waals surface area contributed by atoms with Crippen LogP contribution in [0, 0.1) is 31.1 Å². The molecule has 1 fully saturated rings. The van der Waals surface area contributed by atoms with Crippen molar-refractivity contribution in [2.75, 3.05) is 7.05 Å². The molecule has 1 saturated carbocycles. The van der Waals surface area contributed by atoms with Crippen molar-refractivity contribution < 1.29 is 0 Å². The van der Waals surface area contributed by atoms with Crippen LogP contribution < -0.4 is 5.32 Å². The van der Waals surface area contributed by atoms with Gasteiger partial charge in [-0.3, -0.25) is 0 Å². The van der Waals surface area contributed by atoms with Crippen molar-refractivity contribution >= 4 is 11.0 Å². The zero-order valence-corrected chi connectivity index (χ0v) is 12.3. The molecule has 1 N–H and O–H groups in total. The Balaban J connectivity index is 2.02. The summed E-state index contributed by atoms with van der Waals surface area (Å²) in [6, 6.07) is 6.78. The lowest BCUT2D eigenvalue weighted by atomic mass is 9.95. The Morgan fingerprint density at radius 1 is 1.40 bits per heavy atom. The molecule has 0 spiro atoms. The Morgan fingerprint density at radius 2 is 2.10 bits per heavy atom. The molecule has 0 radical (unpaired) electrons. The molecule has 1 atom stereocenters. The Bertz CT molecular complexity index is 690. The Morgan fingerprint density at radius 3 is 2.70 bits per heavy atom. The number of imidazole rings is 1. The smallest absolute Gasteiger partial charge is 0.127 e. The summed E-state index contributed by atoms with van der Waals surface area (Å²) in [6.07, 6.45) is 4.13. The number of benzene rings is 1. The molecule has 0 aliphatic heterocycles. The quantitative estimate of drug-likeness (QED) is 0.927. The summed E-state index contributed by atoms with van der Waals surface area (Å²) in [7, 11) is 1.88. The highest BCUT2D eigenvalue weighted by Crippen LogP contribution is 2.40. The summed E-state index contributed by atoms with van der Waals surface area (Å²) in [5.74, 6) is 0.460. The summed E-state index contributed by atoms with van der Waals surface area (Å²) < 4.78 is 2.11. The van der Waals surface area contributed by atoms with Crippen molar-refractivity contribution in [2.24, 2.45) is 5.92 Å². The van der Waals surface area contributed by atoms with Gasteiger partial charge in [0, 0.05) is 0 Å². The van der Waals surface area contributed by atoms with Crippen molar-refractivity contribution in [2.45, 2.75) is 38.8 Å². The van der Waals surface area contributed by atoms with E-state index in [4.69, 9.17) is 0 Å². The molecule has 1 aromatic heterocycles. The summed E-state index contributed by atoms with van der Waals surface area (Å²) in [4.78, 5) is 4.48. The van der Waals surface area contributed by atoms with Crippen molar-refractivity contribution in [1.82, 2.24) is 14.9 Å². The third-order valence-electron chi connectivity index (χ3n) is 4.58. The maximum absolute atomic E-state index is 9.61. The van der Waals surface area contributed by atoms with E-state index in [9.17, 15) is 5.26 Å². The van der Waals surface area contributed by atoms with Crippen LogP contribution in [-0.4, -0.2) is 22.1 Å². The minimum Gasteiger partial charge on any atom is -0.328 e. The fourth-order valence-electron chi connectivity index (χ4n) is 2.88. The zero-order valence-electron chi connectivity index (χ0n) is 12.3. The van der Waals surface area contributed by atoms with Gasteiger partial charge in [0.1, 0.15) is 5.54 Å². The van der Waals surface area contributed by atoms with Crippen LogP contribution >= 0.6 is 0 Å². The number of likely N-dealkylation sites (N-methyl/N-ethyl adjacent to an activating group) is 1. The monoisotopic (exact) mass is 268 g/mol. The molecule has 4 nitrogen and oxygen atoms in total. The normalized spacial score (nSPS) is 17.9. The lowest BCUT2D eigenvalue weighted by Gasteiger charge is -2.26. The molecule has 0 bridgehead atoms. The molecule has 1 heterocycles. The molecule has 20 heavy (non-hydrogen) atoms. The first kappa shape index (κ1) is 13.1. The average Bonchev–Trinajstić information content (AvgIpc) is 3.23. The number of hydrogen-bond acceptors (Lipinski definition) is 3. The van der Waals surface area contributed by atoms with E-state index in [1.165, 1.54) is 11.1 Å². The molecule has 0 amide bonds. The fourth-order valence-corrected chi connectivity index (χ4v) is 2.88. The van der Waals surface area contributed by atoms with Crippen molar-refractivity contribution in [3.63, 3.8) is 0 Å². The largest absolute Gasteiger partial charge is 0.328 e. The van der Waals surface area contributed by atoms with Crippen LogP contribution in [0.3, 0.4) is 0 Å². The number of nitrogens with zero attached hydrogens (tertiary/aromatic N) is 3. The van der Waals surface area contributed by atoms with Crippen LogP contribution in [0.1, 0.15) is 24.0 Å². The summed E-state index contributed by atoms with van der Waals surface area (Å²) >= 11 is 0. The molecule has 1 aliphatic rings. The van der Waals surface area contributed by atoms with E-state index in [0.29, 0.717) is 12.5 Å². The zero-order chi connectivity index (χ0) is 14.3.